The van der Waals surface area contributed by atoms with Crippen LogP contribution in [-0.4, -0.2) is 36.8 Å². The maximum Gasteiger partial charge on any atom is 0.147 e. The highest BCUT2D eigenvalue weighted by Crippen LogP contribution is 2.15. The molecule has 0 amide bonds. The molecule has 0 aliphatic rings. The fourth-order valence-electron chi connectivity index (χ4n) is 1.81. The Morgan fingerprint density at radius 3 is 2.65 bits per heavy atom. The minimum atomic E-state index is -2.85. The summed E-state index contributed by atoms with van der Waals surface area (Å²) in [6.45, 7) is 4.73. The Morgan fingerprint density at radius 1 is 1.53 bits per heavy atom. The monoisotopic (exact) mass is 259 g/mol. The average molecular weight is 259 g/mol. The van der Waals surface area contributed by atoms with Crippen molar-refractivity contribution < 1.29 is 8.42 Å². The van der Waals surface area contributed by atoms with Crippen LogP contribution >= 0.6 is 0 Å². The SMILES string of the molecule is Cc1nn(C)cc1C(C)NCCCS(C)(=O)=O. The lowest BCUT2D eigenvalue weighted by atomic mass is 10.1. The highest BCUT2D eigenvalue weighted by atomic mass is 32.2. The van der Waals surface area contributed by atoms with Crippen LogP contribution in [0.1, 0.15) is 30.6 Å². The molecule has 5 nitrogen and oxygen atoms in total. The Hall–Kier alpha value is -0.880. The summed E-state index contributed by atoms with van der Waals surface area (Å²) in [7, 11) is -0.951. The molecule has 0 aromatic carbocycles. The van der Waals surface area contributed by atoms with Crippen LogP contribution in [0.3, 0.4) is 0 Å². The number of nitrogens with one attached hydrogen (secondary N) is 1. The molecule has 0 fully saturated rings. The second-order valence-corrected chi connectivity index (χ2v) is 6.76. The summed E-state index contributed by atoms with van der Waals surface area (Å²) in [5.74, 6) is 0.235. The first-order chi connectivity index (χ1) is 7.79. The fourth-order valence-corrected chi connectivity index (χ4v) is 2.47. The maximum atomic E-state index is 11.0. The smallest absolute Gasteiger partial charge is 0.147 e. The predicted molar refractivity (Wildman–Crippen MR) is 68.7 cm³/mol. The van der Waals surface area contributed by atoms with Crippen molar-refractivity contribution in [2.24, 2.45) is 7.05 Å². The molecule has 1 rings (SSSR count). The topological polar surface area (TPSA) is 64.0 Å². The van der Waals surface area contributed by atoms with Gasteiger partial charge in [-0.3, -0.25) is 4.68 Å². The summed E-state index contributed by atoms with van der Waals surface area (Å²) in [6, 6.07) is 0.197. The molecule has 1 unspecified atom stereocenters. The number of hydrogen-bond donors (Lipinski definition) is 1. The molecule has 1 atom stereocenters. The van der Waals surface area contributed by atoms with E-state index >= 15 is 0 Å². The Labute approximate surface area is 103 Å². The van der Waals surface area contributed by atoms with Gasteiger partial charge in [-0.25, -0.2) is 8.42 Å². The van der Waals surface area contributed by atoms with E-state index in [4.69, 9.17) is 0 Å². The van der Waals surface area contributed by atoms with Crippen LogP contribution in [0.5, 0.6) is 0 Å². The van der Waals surface area contributed by atoms with Crippen molar-refractivity contribution in [3.8, 4) is 0 Å². The van der Waals surface area contributed by atoms with Crippen LogP contribution in [0, 0.1) is 6.92 Å². The molecule has 1 N–H and O–H groups in total. The van der Waals surface area contributed by atoms with Gasteiger partial charge in [-0.15, -0.1) is 0 Å². The molecular weight excluding hydrogens is 238 g/mol. The molecule has 0 bridgehead atoms. The number of hydrogen-bond acceptors (Lipinski definition) is 4. The van der Waals surface area contributed by atoms with E-state index in [9.17, 15) is 8.42 Å². The molecule has 1 aromatic heterocycles. The van der Waals surface area contributed by atoms with Crippen molar-refractivity contribution >= 4 is 9.84 Å². The molecule has 0 aliphatic heterocycles. The summed E-state index contributed by atoms with van der Waals surface area (Å²) < 4.78 is 23.7. The molecule has 0 spiro atoms. The van der Waals surface area contributed by atoms with Crippen LogP contribution in [0.15, 0.2) is 6.20 Å². The van der Waals surface area contributed by atoms with E-state index < -0.39 is 9.84 Å². The first kappa shape index (κ1) is 14.2. The summed E-state index contributed by atoms with van der Waals surface area (Å²) in [5, 5.41) is 7.59. The molecule has 6 heteroatoms. The Bertz CT molecular complexity index is 465. The second-order valence-electron chi connectivity index (χ2n) is 4.50. The van der Waals surface area contributed by atoms with Crippen molar-refractivity contribution in [2.75, 3.05) is 18.6 Å². The average Bonchev–Trinajstić information content (AvgIpc) is 2.51. The van der Waals surface area contributed by atoms with Gasteiger partial charge in [0.25, 0.3) is 0 Å². The summed E-state index contributed by atoms with van der Waals surface area (Å²) in [5.41, 5.74) is 2.17. The van der Waals surface area contributed by atoms with Gasteiger partial charge in [0.2, 0.25) is 0 Å². The molecular formula is C11H21N3O2S. The number of sulfone groups is 1. The van der Waals surface area contributed by atoms with Gasteiger partial charge in [0.1, 0.15) is 9.84 Å². The summed E-state index contributed by atoms with van der Waals surface area (Å²) in [4.78, 5) is 0. The normalized spacial score (nSPS) is 13.9. The molecule has 1 aromatic rings. The van der Waals surface area contributed by atoms with Crippen molar-refractivity contribution in [3.63, 3.8) is 0 Å². The largest absolute Gasteiger partial charge is 0.310 e. The van der Waals surface area contributed by atoms with E-state index in [-0.39, 0.29) is 11.8 Å². The standard InChI is InChI=1S/C11H21N3O2S/c1-9(11-8-14(3)13-10(11)2)12-6-5-7-17(4,15)16/h8-9,12H,5-7H2,1-4H3. The van der Waals surface area contributed by atoms with E-state index in [1.54, 1.807) is 4.68 Å². The van der Waals surface area contributed by atoms with Crippen molar-refractivity contribution in [1.82, 2.24) is 15.1 Å². The lowest BCUT2D eigenvalue weighted by molar-refractivity contribution is 0.560. The maximum absolute atomic E-state index is 11.0. The van der Waals surface area contributed by atoms with Gasteiger partial charge >= 0.3 is 0 Å². The van der Waals surface area contributed by atoms with E-state index in [1.165, 1.54) is 6.26 Å². The first-order valence-electron chi connectivity index (χ1n) is 5.71. The third kappa shape index (κ3) is 4.87. The number of aryl methyl sites for hydroxylation is 2. The van der Waals surface area contributed by atoms with Crippen LogP contribution in [0.25, 0.3) is 0 Å². The van der Waals surface area contributed by atoms with E-state index in [1.807, 2.05) is 20.2 Å². The van der Waals surface area contributed by atoms with Crippen molar-refractivity contribution in [1.29, 1.82) is 0 Å². The summed E-state index contributed by atoms with van der Waals surface area (Å²) in [6.07, 6.45) is 3.90. The molecule has 98 valence electrons. The molecule has 0 radical (unpaired) electrons. The fraction of sp³-hybridized carbons (Fsp3) is 0.727. The van der Waals surface area contributed by atoms with E-state index in [0.717, 1.165) is 11.3 Å². The van der Waals surface area contributed by atoms with Gasteiger partial charge in [0.15, 0.2) is 0 Å². The van der Waals surface area contributed by atoms with Gasteiger partial charge < -0.3 is 5.32 Å². The van der Waals surface area contributed by atoms with Crippen LogP contribution in [0.2, 0.25) is 0 Å². The third-order valence-corrected chi connectivity index (χ3v) is 3.69. The quantitative estimate of drug-likeness (QED) is 0.768. The summed E-state index contributed by atoms with van der Waals surface area (Å²) >= 11 is 0. The minimum absolute atomic E-state index is 0.197. The van der Waals surface area contributed by atoms with Gasteiger partial charge in [-0.1, -0.05) is 0 Å². The molecule has 0 saturated heterocycles. The van der Waals surface area contributed by atoms with Crippen LogP contribution in [0.4, 0.5) is 0 Å². The first-order valence-corrected chi connectivity index (χ1v) is 7.77. The predicted octanol–water partition coefficient (Wildman–Crippen LogP) is 0.814. The zero-order valence-electron chi connectivity index (χ0n) is 10.9. The molecule has 0 saturated carbocycles. The number of rotatable bonds is 6. The van der Waals surface area contributed by atoms with E-state index in [0.29, 0.717) is 13.0 Å². The van der Waals surface area contributed by atoms with Crippen LogP contribution in [-0.2, 0) is 16.9 Å². The number of aromatic nitrogens is 2. The van der Waals surface area contributed by atoms with Crippen molar-refractivity contribution in [2.45, 2.75) is 26.3 Å². The van der Waals surface area contributed by atoms with Gasteiger partial charge in [0.05, 0.1) is 11.4 Å². The minimum Gasteiger partial charge on any atom is -0.310 e. The Kier molecular flexibility index (Phi) is 4.70. The van der Waals surface area contributed by atoms with Crippen LogP contribution < -0.4 is 5.32 Å². The van der Waals surface area contributed by atoms with Crippen molar-refractivity contribution in [3.05, 3.63) is 17.5 Å². The molecule has 0 aliphatic carbocycles. The lowest BCUT2D eigenvalue weighted by Gasteiger charge is -2.12. The zero-order valence-corrected chi connectivity index (χ0v) is 11.7. The van der Waals surface area contributed by atoms with E-state index in [2.05, 4.69) is 17.3 Å². The zero-order chi connectivity index (χ0) is 13.1. The highest BCUT2D eigenvalue weighted by molar-refractivity contribution is 7.90. The number of nitrogens with zero attached hydrogens (tertiary/aromatic N) is 2. The molecule has 1 heterocycles. The van der Waals surface area contributed by atoms with Gasteiger partial charge in [-0.2, -0.15) is 5.10 Å². The second kappa shape index (κ2) is 5.64. The van der Waals surface area contributed by atoms with Gasteiger partial charge in [0, 0.05) is 31.1 Å². The Balaban J connectivity index is 2.40. The third-order valence-electron chi connectivity index (χ3n) is 2.66. The molecule has 17 heavy (non-hydrogen) atoms. The van der Waals surface area contributed by atoms with Gasteiger partial charge in [-0.05, 0) is 26.8 Å². The lowest BCUT2D eigenvalue weighted by Crippen LogP contribution is -2.22. The Morgan fingerprint density at radius 2 is 2.18 bits per heavy atom. The highest BCUT2D eigenvalue weighted by Gasteiger charge is 2.11.